The molecule has 8 nitrogen and oxygen atoms in total. The molecule has 1 heterocycles. The Morgan fingerprint density at radius 3 is 2.74 bits per heavy atom. The number of aromatic hydroxyl groups is 1. The van der Waals surface area contributed by atoms with E-state index < -0.39 is 17.6 Å². The molecular formula is C17H16ClFN4O4. The van der Waals surface area contributed by atoms with Crippen molar-refractivity contribution in [1.82, 2.24) is 20.6 Å². The first kappa shape index (κ1) is 20.1. The zero-order valence-electron chi connectivity index (χ0n) is 14.0. The quantitative estimate of drug-likeness (QED) is 0.629. The van der Waals surface area contributed by atoms with Crippen molar-refractivity contribution in [2.45, 2.75) is 6.42 Å². The molecule has 1 aromatic heterocycles. The molecule has 0 radical (unpaired) electrons. The van der Waals surface area contributed by atoms with Crippen LogP contribution in [0.4, 0.5) is 4.39 Å². The lowest BCUT2D eigenvalue weighted by Gasteiger charge is -2.10. The zero-order valence-corrected chi connectivity index (χ0v) is 14.8. The average molecular weight is 395 g/mol. The van der Waals surface area contributed by atoms with Gasteiger partial charge in [-0.3, -0.25) is 9.59 Å². The van der Waals surface area contributed by atoms with Crippen LogP contribution in [0, 0.1) is 5.82 Å². The molecule has 3 N–H and O–H groups in total. The van der Waals surface area contributed by atoms with Gasteiger partial charge in [0.25, 0.3) is 11.8 Å². The highest BCUT2D eigenvalue weighted by molar-refractivity contribution is 6.30. The second kappa shape index (κ2) is 9.48. The summed E-state index contributed by atoms with van der Waals surface area (Å²) in [5, 5.41) is 14.1. The molecule has 2 amide bonds. The van der Waals surface area contributed by atoms with E-state index >= 15 is 0 Å². The first-order chi connectivity index (χ1) is 12.8. The van der Waals surface area contributed by atoms with Crippen molar-refractivity contribution in [2.24, 2.45) is 0 Å². The van der Waals surface area contributed by atoms with E-state index in [-0.39, 0.29) is 41.9 Å². The van der Waals surface area contributed by atoms with Gasteiger partial charge in [0.05, 0.1) is 17.4 Å². The average Bonchev–Trinajstić information content (AvgIpc) is 2.63. The third-order valence-electron chi connectivity index (χ3n) is 3.17. The van der Waals surface area contributed by atoms with Crippen molar-refractivity contribution in [1.29, 1.82) is 0 Å². The van der Waals surface area contributed by atoms with Gasteiger partial charge < -0.3 is 20.5 Å². The van der Waals surface area contributed by atoms with E-state index in [1.807, 2.05) is 0 Å². The minimum Gasteiger partial charge on any atom is -0.492 e. The predicted octanol–water partition coefficient (Wildman–Crippen LogP) is 1.80. The molecule has 0 unspecified atom stereocenters. The number of halogens is 2. The lowest BCUT2D eigenvalue weighted by molar-refractivity contribution is -0.123. The largest absolute Gasteiger partial charge is 0.492 e. The number of amides is 2. The van der Waals surface area contributed by atoms with Gasteiger partial charge in [-0.2, -0.15) is 0 Å². The van der Waals surface area contributed by atoms with Gasteiger partial charge in [-0.1, -0.05) is 18.2 Å². The van der Waals surface area contributed by atoms with Crippen LogP contribution in [0.15, 0.2) is 42.9 Å². The fourth-order valence-electron chi connectivity index (χ4n) is 1.84. The third kappa shape index (κ3) is 6.55. The maximum absolute atomic E-state index is 13.3. The second-order valence-electron chi connectivity index (χ2n) is 5.28. The van der Waals surface area contributed by atoms with Crippen LogP contribution in [0.5, 0.6) is 11.6 Å². The molecule has 0 bridgehead atoms. The fourth-order valence-corrected chi connectivity index (χ4v) is 1.96. The summed E-state index contributed by atoms with van der Waals surface area (Å²) in [5.74, 6) is -1.71. The smallest absolute Gasteiger partial charge is 0.275 e. The number of nitrogens with zero attached hydrogens (tertiary/aromatic N) is 2. The van der Waals surface area contributed by atoms with E-state index in [1.165, 1.54) is 12.1 Å². The van der Waals surface area contributed by atoms with Gasteiger partial charge in [0.15, 0.2) is 6.61 Å². The van der Waals surface area contributed by atoms with Crippen molar-refractivity contribution < 1.29 is 23.8 Å². The van der Waals surface area contributed by atoms with Crippen LogP contribution >= 0.6 is 11.6 Å². The summed E-state index contributed by atoms with van der Waals surface area (Å²) < 4.78 is 18.4. The Labute approximate surface area is 159 Å². The maximum Gasteiger partial charge on any atom is 0.275 e. The number of aromatic nitrogens is 2. The molecule has 0 saturated carbocycles. The predicted molar refractivity (Wildman–Crippen MR) is 94.8 cm³/mol. The van der Waals surface area contributed by atoms with Crippen LogP contribution in [0.1, 0.15) is 16.9 Å². The first-order valence-electron chi connectivity index (χ1n) is 7.70. The normalized spacial score (nSPS) is 10.1. The van der Waals surface area contributed by atoms with Crippen LogP contribution in [-0.2, 0) is 4.79 Å². The molecule has 0 atom stereocenters. The highest BCUT2D eigenvalue weighted by atomic mass is 35.5. The zero-order chi connectivity index (χ0) is 19.8. The van der Waals surface area contributed by atoms with Crippen molar-refractivity contribution in [2.75, 3.05) is 13.2 Å². The summed E-state index contributed by atoms with van der Waals surface area (Å²) in [4.78, 5) is 30.8. The minimum atomic E-state index is -0.639. The standard InChI is InChI=1S/C17H16ClFN4O4/c1-10(23-17(26)14-7-22-15(24)8-21-14)4-5-20-16(25)9-27-11-2-3-12(18)13(19)6-11/h2-3,6-8H,1,4-5,9H2,(H,20,25)(H,22,24)(H,23,26). The minimum absolute atomic E-state index is 0.0154. The van der Waals surface area contributed by atoms with E-state index in [0.29, 0.717) is 5.70 Å². The number of rotatable bonds is 8. The van der Waals surface area contributed by atoms with Gasteiger partial charge in [0.1, 0.15) is 17.3 Å². The highest BCUT2D eigenvalue weighted by Crippen LogP contribution is 2.20. The molecule has 0 spiro atoms. The molecule has 0 saturated heterocycles. The van der Waals surface area contributed by atoms with Crippen LogP contribution in [0.25, 0.3) is 0 Å². The molecule has 0 aliphatic rings. The number of ether oxygens (including phenoxy) is 1. The van der Waals surface area contributed by atoms with Crippen molar-refractivity contribution in [3.63, 3.8) is 0 Å². The van der Waals surface area contributed by atoms with Gasteiger partial charge in [-0.15, -0.1) is 0 Å². The summed E-state index contributed by atoms with van der Waals surface area (Å²) in [6, 6.07) is 3.86. The Morgan fingerprint density at radius 1 is 1.30 bits per heavy atom. The summed E-state index contributed by atoms with van der Waals surface area (Å²) in [7, 11) is 0. The molecule has 27 heavy (non-hydrogen) atoms. The molecule has 2 aromatic rings. The van der Waals surface area contributed by atoms with E-state index in [0.717, 1.165) is 18.5 Å². The number of hydrogen-bond acceptors (Lipinski definition) is 6. The van der Waals surface area contributed by atoms with E-state index in [9.17, 15) is 14.0 Å². The van der Waals surface area contributed by atoms with Crippen LogP contribution in [0.2, 0.25) is 5.02 Å². The Bertz CT molecular complexity index is 845. The van der Waals surface area contributed by atoms with Crippen molar-refractivity contribution in [3.05, 3.63) is 59.4 Å². The topological polar surface area (TPSA) is 113 Å². The van der Waals surface area contributed by atoms with Crippen LogP contribution < -0.4 is 15.4 Å². The molecule has 142 valence electrons. The Balaban J connectivity index is 1.68. The Hall–Kier alpha value is -3.20. The van der Waals surface area contributed by atoms with E-state index in [2.05, 4.69) is 27.2 Å². The van der Waals surface area contributed by atoms with Gasteiger partial charge in [-0.25, -0.2) is 14.4 Å². The van der Waals surface area contributed by atoms with Crippen molar-refractivity contribution in [3.8, 4) is 11.6 Å². The second-order valence-corrected chi connectivity index (χ2v) is 5.69. The number of carbonyl (C=O) groups excluding carboxylic acids is 2. The molecule has 1 aromatic carbocycles. The third-order valence-corrected chi connectivity index (χ3v) is 3.48. The maximum atomic E-state index is 13.3. The molecule has 0 fully saturated rings. The monoisotopic (exact) mass is 394 g/mol. The SMILES string of the molecule is C=C(CCNC(=O)COc1ccc(Cl)c(F)c1)NC(=O)c1cnc(O)cn1. The fraction of sp³-hybridized carbons (Fsp3) is 0.176. The number of nitrogens with one attached hydrogen (secondary N) is 2. The summed E-state index contributed by atoms with van der Waals surface area (Å²) in [5.41, 5.74) is 0.373. The lowest BCUT2D eigenvalue weighted by Crippen LogP contribution is -2.31. The van der Waals surface area contributed by atoms with E-state index in [1.54, 1.807) is 0 Å². The first-order valence-corrected chi connectivity index (χ1v) is 8.07. The summed E-state index contributed by atoms with van der Waals surface area (Å²) >= 11 is 5.56. The lowest BCUT2D eigenvalue weighted by atomic mass is 10.3. The van der Waals surface area contributed by atoms with Crippen LogP contribution in [-0.4, -0.2) is 40.0 Å². The molecule has 10 heteroatoms. The van der Waals surface area contributed by atoms with E-state index in [4.69, 9.17) is 21.4 Å². The number of benzene rings is 1. The van der Waals surface area contributed by atoms with Gasteiger partial charge in [0, 0.05) is 24.7 Å². The number of hydrogen-bond donors (Lipinski definition) is 3. The molecular weight excluding hydrogens is 379 g/mol. The Morgan fingerprint density at radius 2 is 2.07 bits per heavy atom. The highest BCUT2D eigenvalue weighted by Gasteiger charge is 2.10. The van der Waals surface area contributed by atoms with Crippen LogP contribution in [0.3, 0.4) is 0 Å². The van der Waals surface area contributed by atoms with Crippen molar-refractivity contribution >= 4 is 23.4 Å². The summed E-state index contributed by atoms with van der Waals surface area (Å²) in [6.07, 6.45) is 2.44. The molecule has 0 aliphatic heterocycles. The Kier molecular flexibility index (Phi) is 7.07. The van der Waals surface area contributed by atoms with Gasteiger partial charge in [0.2, 0.25) is 5.88 Å². The summed E-state index contributed by atoms with van der Waals surface area (Å²) in [6.45, 7) is 3.58. The number of carbonyl (C=O) groups is 2. The molecule has 2 rings (SSSR count). The van der Waals surface area contributed by atoms with Gasteiger partial charge >= 0.3 is 0 Å². The van der Waals surface area contributed by atoms with Gasteiger partial charge in [-0.05, 0) is 12.1 Å². The molecule has 0 aliphatic carbocycles.